The highest BCUT2D eigenvalue weighted by molar-refractivity contribution is 5.77. The molecule has 0 unspecified atom stereocenters. The molecule has 1 aromatic heterocycles. The zero-order valence-corrected chi connectivity index (χ0v) is 14.1. The van der Waals surface area contributed by atoms with Crippen LogP contribution in [0, 0.1) is 0 Å². The molecule has 4 rings (SSSR count). The first-order chi connectivity index (χ1) is 12.8. The highest BCUT2D eigenvalue weighted by Crippen LogP contribution is 2.35. The molecule has 0 saturated carbocycles. The van der Waals surface area contributed by atoms with Gasteiger partial charge < -0.3 is 28.8 Å². The molecule has 1 fully saturated rings. The van der Waals surface area contributed by atoms with Crippen molar-refractivity contribution in [3.05, 3.63) is 24.0 Å². The van der Waals surface area contributed by atoms with Crippen molar-refractivity contribution in [3.63, 3.8) is 0 Å². The van der Waals surface area contributed by atoms with Crippen LogP contribution >= 0.6 is 0 Å². The van der Waals surface area contributed by atoms with Gasteiger partial charge in [-0.05, 0) is 31.0 Å². The monoisotopic (exact) mass is 361 g/mol. The van der Waals surface area contributed by atoms with Crippen LogP contribution in [0.25, 0.3) is 11.5 Å². The molecule has 138 valence electrons. The zero-order valence-electron chi connectivity index (χ0n) is 14.1. The van der Waals surface area contributed by atoms with Crippen LogP contribution in [0.1, 0.15) is 18.7 Å². The summed E-state index contributed by atoms with van der Waals surface area (Å²) in [7, 11) is 0. The number of aromatic nitrogens is 2. The molecule has 1 saturated heterocycles. The second kappa shape index (κ2) is 7.71. The van der Waals surface area contributed by atoms with E-state index in [0.717, 1.165) is 25.0 Å². The lowest BCUT2D eigenvalue weighted by Gasteiger charge is -2.09. The van der Waals surface area contributed by atoms with Crippen molar-refractivity contribution in [1.29, 1.82) is 0 Å². The number of hydrogen-bond acceptors (Lipinski definition) is 8. The van der Waals surface area contributed by atoms with Gasteiger partial charge in [0.2, 0.25) is 12.7 Å². The summed E-state index contributed by atoms with van der Waals surface area (Å²) >= 11 is 0. The average Bonchev–Trinajstić information content (AvgIpc) is 3.40. The maximum Gasteiger partial charge on any atom is 0.258 e. The third kappa shape index (κ3) is 3.94. The highest BCUT2D eigenvalue weighted by atomic mass is 16.7. The average molecular weight is 361 g/mol. The Bertz CT molecular complexity index is 772. The van der Waals surface area contributed by atoms with Crippen molar-refractivity contribution in [2.45, 2.75) is 25.5 Å². The molecule has 2 aliphatic rings. The first-order valence-electron chi connectivity index (χ1n) is 8.46. The standard InChI is InChI=1S/C17H19N3O6/c21-16(9-22-8-12-2-1-5-23-12)18-7-15-19-17(26-20-15)11-3-4-13-14(6-11)25-10-24-13/h3-4,6,12H,1-2,5,7-10H2,(H,18,21)/t12-/m1/s1. The van der Waals surface area contributed by atoms with Gasteiger partial charge in [0.25, 0.3) is 5.89 Å². The van der Waals surface area contributed by atoms with Gasteiger partial charge in [-0.2, -0.15) is 4.98 Å². The van der Waals surface area contributed by atoms with Crippen LogP contribution in [0.15, 0.2) is 22.7 Å². The Balaban J connectivity index is 1.25. The number of amides is 1. The molecular formula is C17H19N3O6. The highest BCUT2D eigenvalue weighted by Gasteiger charge is 2.18. The zero-order chi connectivity index (χ0) is 17.8. The van der Waals surface area contributed by atoms with Crippen LogP contribution in [-0.2, 0) is 20.8 Å². The molecule has 0 spiro atoms. The van der Waals surface area contributed by atoms with Crippen molar-refractivity contribution < 1.29 is 28.3 Å². The van der Waals surface area contributed by atoms with E-state index in [1.54, 1.807) is 12.1 Å². The third-order valence-corrected chi connectivity index (χ3v) is 4.09. The number of nitrogens with one attached hydrogen (secondary N) is 1. The van der Waals surface area contributed by atoms with Crippen molar-refractivity contribution in [3.8, 4) is 23.0 Å². The van der Waals surface area contributed by atoms with Crippen LogP contribution in [-0.4, -0.2) is 48.8 Å². The summed E-state index contributed by atoms with van der Waals surface area (Å²) in [4.78, 5) is 16.1. The van der Waals surface area contributed by atoms with E-state index in [1.807, 2.05) is 6.07 Å². The maximum absolute atomic E-state index is 11.8. The summed E-state index contributed by atoms with van der Waals surface area (Å²) in [5, 5.41) is 6.56. The van der Waals surface area contributed by atoms with Gasteiger partial charge in [0, 0.05) is 12.2 Å². The van der Waals surface area contributed by atoms with Crippen LogP contribution in [0.3, 0.4) is 0 Å². The molecular weight excluding hydrogens is 342 g/mol. The largest absolute Gasteiger partial charge is 0.454 e. The fourth-order valence-corrected chi connectivity index (χ4v) is 2.76. The number of rotatable bonds is 7. The fraction of sp³-hybridized carbons (Fsp3) is 0.471. The van der Waals surface area contributed by atoms with Gasteiger partial charge in [-0.1, -0.05) is 5.16 Å². The molecule has 2 aromatic rings. The molecule has 1 atom stereocenters. The topological polar surface area (TPSA) is 105 Å². The van der Waals surface area contributed by atoms with Gasteiger partial charge in [0.05, 0.1) is 19.3 Å². The Kier molecular flexibility index (Phi) is 4.98. The summed E-state index contributed by atoms with van der Waals surface area (Å²) in [6, 6.07) is 5.37. The SMILES string of the molecule is O=C(COC[C@H]1CCCO1)NCc1noc(-c2ccc3c(c2)OCO3)n1. The van der Waals surface area contributed by atoms with Gasteiger partial charge in [0.1, 0.15) is 6.61 Å². The summed E-state index contributed by atoms with van der Waals surface area (Å²) in [5.41, 5.74) is 0.722. The Labute approximate surface area is 149 Å². The first kappa shape index (κ1) is 16.8. The molecule has 0 bridgehead atoms. The van der Waals surface area contributed by atoms with Crippen LogP contribution < -0.4 is 14.8 Å². The summed E-state index contributed by atoms with van der Waals surface area (Å²) in [6.45, 7) is 1.55. The van der Waals surface area contributed by atoms with Gasteiger partial charge >= 0.3 is 0 Å². The Morgan fingerprint density at radius 3 is 3.12 bits per heavy atom. The molecule has 0 aliphatic carbocycles. The first-order valence-corrected chi connectivity index (χ1v) is 8.46. The van der Waals surface area contributed by atoms with E-state index in [-0.39, 0.29) is 32.0 Å². The second-order valence-corrected chi connectivity index (χ2v) is 6.01. The number of carbonyl (C=O) groups is 1. The third-order valence-electron chi connectivity index (χ3n) is 4.09. The molecule has 9 heteroatoms. The second-order valence-electron chi connectivity index (χ2n) is 6.01. The molecule has 1 aromatic carbocycles. The van der Waals surface area contributed by atoms with E-state index in [2.05, 4.69) is 15.5 Å². The van der Waals surface area contributed by atoms with Crippen LogP contribution in [0.4, 0.5) is 0 Å². The summed E-state index contributed by atoms with van der Waals surface area (Å²) < 4.78 is 26.6. The lowest BCUT2D eigenvalue weighted by molar-refractivity contribution is -0.127. The lowest BCUT2D eigenvalue weighted by atomic mass is 10.2. The number of carbonyl (C=O) groups excluding carboxylic acids is 1. The van der Waals surface area contributed by atoms with Crippen molar-refractivity contribution >= 4 is 5.91 Å². The molecule has 9 nitrogen and oxygen atoms in total. The van der Waals surface area contributed by atoms with Crippen molar-refractivity contribution in [2.75, 3.05) is 26.6 Å². The van der Waals surface area contributed by atoms with Gasteiger partial charge in [0.15, 0.2) is 17.3 Å². The van der Waals surface area contributed by atoms with Crippen molar-refractivity contribution in [2.24, 2.45) is 0 Å². The van der Waals surface area contributed by atoms with Crippen LogP contribution in [0.5, 0.6) is 11.5 Å². The summed E-state index contributed by atoms with van der Waals surface area (Å²) in [5.74, 6) is 1.81. The number of hydrogen-bond donors (Lipinski definition) is 1. The quantitative estimate of drug-likeness (QED) is 0.786. The normalized spacial score (nSPS) is 18.2. The van der Waals surface area contributed by atoms with Crippen molar-refractivity contribution in [1.82, 2.24) is 15.5 Å². The van der Waals surface area contributed by atoms with E-state index < -0.39 is 0 Å². The van der Waals surface area contributed by atoms with E-state index >= 15 is 0 Å². The minimum Gasteiger partial charge on any atom is -0.454 e. The summed E-state index contributed by atoms with van der Waals surface area (Å²) in [6.07, 6.45) is 2.13. The minimum atomic E-state index is -0.238. The van der Waals surface area contributed by atoms with Gasteiger partial charge in [-0.3, -0.25) is 4.79 Å². The number of fused-ring (bicyclic) bond motifs is 1. The maximum atomic E-state index is 11.8. The van der Waals surface area contributed by atoms with E-state index in [9.17, 15) is 4.79 Å². The molecule has 1 N–H and O–H groups in total. The van der Waals surface area contributed by atoms with E-state index in [0.29, 0.717) is 29.8 Å². The lowest BCUT2D eigenvalue weighted by Crippen LogP contribution is -2.29. The van der Waals surface area contributed by atoms with E-state index in [4.69, 9.17) is 23.5 Å². The molecule has 26 heavy (non-hydrogen) atoms. The predicted octanol–water partition coefficient (Wildman–Crippen LogP) is 1.28. The predicted molar refractivity (Wildman–Crippen MR) is 87.5 cm³/mol. The Hall–Kier alpha value is -2.65. The molecule has 0 radical (unpaired) electrons. The molecule has 3 heterocycles. The Morgan fingerprint density at radius 2 is 2.23 bits per heavy atom. The number of ether oxygens (including phenoxy) is 4. The molecule has 2 aliphatic heterocycles. The van der Waals surface area contributed by atoms with Gasteiger partial charge in [-0.25, -0.2) is 0 Å². The minimum absolute atomic E-state index is 0.0211. The molecule has 1 amide bonds. The number of nitrogens with zero attached hydrogens (tertiary/aromatic N) is 2. The van der Waals surface area contributed by atoms with Gasteiger partial charge in [-0.15, -0.1) is 0 Å². The Morgan fingerprint density at radius 1 is 1.31 bits per heavy atom. The van der Waals surface area contributed by atoms with E-state index in [1.165, 1.54) is 0 Å². The smallest absolute Gasteiger partial charge is 0.258 e. The fourth-order valence-electron chi connectivity index (χ4n) is 2.76. The number of benzene rings is 1. The van der Waals surface area contributed by atoms with Crippen LogP contribution in [0.2, 0.25) is 0 Å².